The van der Waals surface area contributed by atoms with E-state index in [1.54, 1.807) is 12.1 Å². The number of pyridine rings is 1. The molecule has 6 heteroatoms. The smallest absolute Gasteiger partial charge is 0.242 e. The van der Waals surface area contributed by atoms with Crippen molar-refractivity contribution in [2.75, 3.05) is 6.54 Å². The van der Waals surface area contributed by atoms with Gasteiger partial charge in [0.15, 0.2) is 0 Å². The van der Waals surface area contributed by atoms with Crippen LogP contribution in [0.15, 0.2) is 23.2 Å². The molecule has 2 aliphatic carbocycles. The summed E-state index contributed by atoms with van der Waals surface area (Å²) in [6.07, 6.45) is 6.45. The van der Waals surface area contributed by atoms with E-state index in [1.807, 2.05) is 0 Å². The lowest BCUT2D eigenvalue weighted by atomic mass is 9.89. The van der Waals surface area contributed by atoms with Crippen molar-refractivity contribution >= 4 is 10.0 Å². The fourth-order valence-electron chi connectivity index (χ4n) is 3.62. The average molecular weight is 295 g/mol. The second kappa shape index (κ2) is 5.42. The zero-order valence-corrected chi connectivity index (χ0v) is 12.3. The maximum Gasteiger partial charge on any atom is 0.242 e. The van der Waals surface area contributed by atoms with Crippen LogP contribution in [-0.4, -0.2) is 19.9 Å². The Kier molecular flexibility index (Phi) is 3.79. The third-order valence-electron chi connectivity index (χ3n) is 4.74. The normalized spacial score (nSPS) is 28.9. The largest absolute Gasteiger partial charge is 0.325 e. The van der Waals surface area contributed by atoms with Crippen molar-refractivity contribution < 1.29 is 8.42 Å². The fourth-order valence-corrected chi connectivity index (χ4v) is 4.66. The lowest BCUT2D eigenvalue weighted by Gasteiger charge is -2.21. The number of sulfonamides is 1. The summed E-state index contributed by atoms with van der Waals surface area (Å²) in [5, 5.41) is 0. The Morgan fingerprint density at radius 3 is 2.70 bits per heavy atom. The topological polar surface area (TPSA) is 85.1 Å². The Morgan fingerprint density at radius 2 is 2.15 bits per heavy atom. The van der Waals surface area contributed by atoms with Crippen molar-refractivity contribution in [1.29, 1.82) is 0 Å². The number of fused-ring (bicyclic) bond motifs is 2. The average Bonchev–Trinajstić information content (AvgIpc) is 3.08. The molecule has 3 atom stereocenters. The van der Waals surface area contributed by atoms with Crippen LogP contribution in [0.25, 0.3) is 0 Å². The molecule has 1 heterocycles. The van der Waals surface area contributed by atoms with Gasteiger partial charge in [-0.2, -0.15) is 0 Å². The van der Waals surface area contributed by atoms with Crippen molar-refractivity contribution in [3.8, 4) is 0 Å². The Balaban J connectivity index is 1.63. The van der Waals surface area contributed by atoms with Crippen LogP contribution < -0.4 is 10.5 Å². The third-order valence-corrected chi connectivity index (χ3v) is 6.15. The first-order valence-electron chi connectivity index (χ1n) is 7.23. The molecule has 2 bridgehead atoms. The van der Waals surface area contributed by atoms with Gasteiger partial charge in [-0.1, -0.05) is 6.42 Å². The van der Waals surface area contributed by atoms with Gasteiger partial charge in [0.1, 0.15) is 4.90 Å². The minimum absolute atomic E-state index is 0.220. The van der Waals surface area contributed by atoms with E-state index in [0.717, 1.165) is 11.8 Å². The van der Waals surface area contributed by atoms with Crippen molar-refractivity contribution in [3.05, 3.63) is 24.0 Å². The first-order valence-corrected chi connectivity index (χ1v) is 8.71. The van der Waals surface area contributed by atoms with Crippen LogP contribution in [0.4, 0.5) is 0 Å². The maximum atomic E-state index is 12.2. The molecule has 1 aromatic heterocycles. The van der Waals surface area contributed by atoms with Crippen molar-refractivity contribution in [2.45, 2.75) is 37.1 Å². The Hall–Kier alpha value is -0.980. The summed E-state index contributed by atoms with van der Waals surface area (Å²) in [5.74, 6) is 2.07. The lowest BCUT2D eigenvalue weighted by Crippen LogP contribution is -2.31. The summed E-state index contributed by atoms with van der Waals surface area (Å²) in [6, 6.07) is 3.23. The van der Waals surface area contributed by atoms with E-state index in [-0.39, 0.29) is 4.90 Å². The standard InChI is InChI=1S/C14H21N3O2S/c15-7-13-3-4-14(9-16-13)20(18,19)17-8-12-6-10-1-2-11(12)5-10/h3-4,9-12,17H,1-2,5-8,15H2. The minimum atomic E-state index is -3.44. The highest BCUT2D eigenvalue weighted by molar-refractivity contribution is 7.89. The van der Waals surface area contributed by atoms with Crippen LogP contribution in [0.2, 0.25) is 0 Å². The number of hydrogen-bond acceptors (Lipinski definition) is 4. The molecule has 3 unspecified atom stereocenters. The summed E-state index contributed by atoms with van der Waals surface area (Å²) in [4.78, 5) is 4.26. The summed E-state index contributed by atoms with van der Waals surface area (Å²) < 4.78 is 27.2. The predicted molar refractivity (Wildman–Crippen MR) is 76.3 cm³/mol. The number of rotatable bonds is 5. The van der Waals surface area contributed by atoms with Gasteiger partial charge in [-0.3, -0.25) is 4.98 Å². The first-order chi connectivity index (χ1) is 9.58. The van der Waals surface area contributed by atoms with Gasteiger partial charge in [0.25, 0.3) is 0 Å². The van der Waals surface area contributed by atoms with Crippen LogP contribution >= 0.6 is 0 Å². The molecule has 2 aliphatic rings. The zero-order valence-electron chi connectivity index (χ0n) is 11.5. The lowest BCUT2D eigenvalue weighted by molar-refractivity contribution is 0.333. The van der Waals surface area contributed by atoms with E-state index in [4.69, 9.17) is 5.73 Å². The molecule has 1 aromatic rings. The van der Waals surface area contributed by atoms with E-state index < -0.39 is 10.0 Å². The van der Waals surface area contributed by atoms with E-state index >= 15 is 0 Å². The molecule has 0 amide bonds. The molecule has 20 heavy (non-hydrogen) atoms. The second-order valence-corrected chi connectivity index (χ2v) is 7.74. The molecular weight excluding hydrogens is 274 g/mol. The Morgan fingerprint density at radius 1 is 1.30 bits per heavy atom. The van der Waals surface area contributed by atoms with E-state index in [2.05, 4.69) is 9.71 Å². The van der Waals surface area contributed by atoms with Crippen molar-refractivity contribution in [2.24, 2.45) is 23.5 Å². The van der Waals surface area contributed by atoms with Gasteiger partial charge in [-0.25, -0.2) is 13.1 Å². The number of nitrogens with zero attached hydrogens (tertiary/aromatic N) is 1. The van der Waals surface area contributed by atoms with Gasteiger partial charge in [0, 0.05) is 19.3 Å². The molecule has 0 saturated heterocycles. The van der Waals surface area contributed by atoms with Crippen LogP contribution in [0, 0.1) is 17.8 Å². The van der Waals surface area contributed by atoms with Gasteiger partial charge in [-0.15, -0.1) is 0 Å². The van der Waals surface area contributed by atoms with E-state index in [1.165, 1.54) is 31.9 Å². The van der Waals surface area contributed by atoms with Gasteiger partial charge in [0.05, 0.1) is 5.69 Å². The van der Waals surface area contributed by atoms with Crippen LogP contribution in [0.3, 0.4) is 0 Å². The van der Waals surface area contributed by atoms with Crippen molar-refractivity contribution in [1.82, 2.24) is 9.71 Å². The Labute approximate surface area is 120 Å². The van der Waals surface area contributed by atoms with E-state index in [9.17, 15) is 8.42 Å². The minimum Gasteiger partial charge on any atom is -0.325 e. The molecule has 2 fully saturated rings. The van der Waals surface area contributed by atoms with Gasteiger partial charge >= 0.3 is 0 Å². The highest BCUT2D eigenvalue weighted by Crippen LogP contribution is 2.48. The van der Waals surface area contributed by atoms with Crippen LogP contribution in [-0.2, 0) is 16.6 Å². The second-order valence-electron chi connectivity index (χ2n) is 5.98. The van der Waals surface area contributed by atoms with Gasteiger partial charge < -0.3 is 5.73 Å². The fraction of sp³-hybridized carbons (Fsp3) is 0.643. The number of nitrogens with two attached hydrogens (primary N) is 1. The van der Waals surface area contributed by atoms with E-state index in [0.29, 0.717) is 24.7 Å². The van der Waals surface area contributed by atoms with Gasteiger partial charge in [0.2, 0.25) is 10.0 Å². The molecule has 5 nitrogen and oxygen atoms in total. The van der Waals surface area contributed by atoms with Gasteiger partial charge in [-0.05, 0) is 49.1 Å². The maximum absolute atomic E-state index is 12.2. The molecule has 0 radical (unpaired) electrons. The third kappa shape index (κ3) is 2.73. The summed E-state index contributed by atoms with van der Waals surface area (Å²) in [6.45, 7) is 0.876. The molecule has 3 N–H and O–H groups in total. The Bertz CT molecular complexity index is 571. The molecule has 0 aromatic carbocycles. The summed E-state index contributed by atoms with van der Waals surface area (Å²) in [7, 11) is -3.44. The molecular formula is C14H21N3O2S. The number of aromatic nitrogens is 1. The summed E-state index contributed by atoms with van der Waals surface area (Å²) in [5.41, 5.74) is 6.15. The first kappa shape index (κ1) is 14.0. The number of hydrogen-bond donors (Lipinski definition) is 2. The SMILES string of the molecule is NCc1ccc(S(=O)(=O)NCC2CC3CCC2C3)cn1. The number of nitrogens with one attached hydrogen (secondary N) is 1. The van der Waals surface area contributed by atoms with Crippen molar-refractivity contribution in [3.63, 3.8) is 0 Å². The highest BCUT2D eigenvalue weighted by Gasteiger charge is 2.39. The zero-order chi connectivity index (χ0) is 14.2. The van der Waals surface area contributed by atoms with Crippen LogP contribution in [0.1, 0.15) is 31.4 Å². The molecule has 3 rings (SSSR count). The highest BCUT2D eigenvalue weighted by atomic mass is 32.2. The molecule has 0 spiro atoms. The quantitative estimate of drug-likeness (QED) is 0.856. The monoisotopic (exact) mass is 295 g/mol. The molecule has 110 valence electrons. The molecule has 2 saturated carbocycles. The van der Waals surface area contributed by atoms with Crippen LogP contribution in [0.5, 0.6) is 0 Å². The predicted octanol–water partition coefficient (Wildman–Crippen LogP) is 1.25. The molecule has 0 aliphatic heterocycles. The summed E-state index contributed by atoms with van der Waals surface area (Å²) >= 11 is 0.